The molecule has 0 heterocycles. The average Bonchev–Trinajstić information content (AvgIpc) is 2.27. The lowest BCUT2D eigenvalue weighted by Crippen LogP contribution is -2.33. The Labute approximate surface area is 96.8 Å². The van der Waals surface area contributed by atoms with Gasteiger partial charge < -0.3 is 11.5 Å². The van der Waals surface area contributed by atoms with E-state index in [1.54, 1.807) is 6.07 Å². The van der Waals surface area contributed by atoms with Crippen molar-refractivity contribution in [1.29, 1.82) is 0 Å². The summed E-state index contributed by atoms with van der Waals surface area (Å²) in [5.41, 5.74) is 12.7. The van der Waals surface area contributed by atoms with E-state index in [9.17, 15) is 4.39 Å². The van der Waals surface area contributed by atoms with Crippen LogP contribution in [0.2, 0.25) is 0 Å². The summed E-state index contributed by atoms with van der Waals surface area (Å²) in [5.74, 6) is -0.166. The third kappa shape index (κ3) is 3.58. The molecule has 0 spiro atoms. The topological polar surface area (TPSA) is 52.0 Å². The second-order valence-corrected chi connectivity index (χ2v) is 4.20. The van der Waals surface area contributed by atoms with Gasteiger partial charge in [-0.05, 0) is 24.1 Å². The predicted molar refractivity (Wildman–Crippen MR) is 65.7 cm³/mol. The molecule has 0 bridgehead atoms. The molecule has 0 aromatic heterocycles. The molecular formula is C13H21FN2. The van der Waals surface area contributed by atoms with Crippen molar-refractivity contribution in [2.24, 2.45) is 11.5 Å². The lowest BCUT2D eigenvalue weighted by Gasteiger charge is -2.22. The summed E-state index contributed by atoms with van der Waals surface area (Å²) < 4.78 is 13.1. The molecule has 3 heteroatoms. The molecule has 2 atom stereocenters. The van der Waals surface area contributed by atoms with Crippen LogP contribution in [0.1, 0.15) is 37.7 Å². The molecule has 0 saturated heterocycles. The van der Waals surface area contributed by atoms with Crippen LogP contribution in [0.15, 0.2) is 24.3 Å². The van der Waals surface area contributed by atoms with Crippen molar-refractivity contribution in [1.82, 2.24) is 0 Å². The highest BCUT2D eigenvalue weighted by Crippen LogP contribution is 2.21. The van der Waals surface area contributed by atoms with Crippen molar-refractivity contribution in [3.05, 3.63) is 35.6 Å². The molecule has 4 N–H and O–H groups in total. The maximum atomic E-state index is 13.1. The zero-order valence-electron chi connectivity index (χ0n) is 9.83. The first-order valence-electron chi connectivity index (χ1n) is 5.90. The summed E-state index contributed by atoms with van der Waals surface area (Å²) in [6.07, 6.45) is 3.15. The van der Waals surface area contributed by atoms with Gasteiger partial charge in [0.25, 0.3) is 0 Å². The summed E-state index contributed by atoms with van der Waals surface area (Å²) in [7, 11) is 0. The lowest BCUT2D eigenvalue weighted by atomic mass is 9.89. The van der Waals surface area contributed by atoms with E-state index >= 15 is 0 Å². The monoisotopic (exact) mass is 224 g/mol. The van der Waals surface area contributed by atoms with Crippen LogP contribution >= 0.6 is 0 Å². The molecule has 1 aromatic carbocycles. The number of rotatable bonds is 6. The van der Waals surface area contributed by atoms with Crippen molar-refractivity contribution < 1.29 is 4.39 Å². The van der Waals surface area contributed by atoms with Crippen molar-refractivity contribution in [2.75, 3.05) is 6.54 Å². The minimum absolute atomic E-state index is 0.0201. The van der Waals surface area contributed by atoms with Crippen LogP contribution in [0, 0.1) is 5.82 Å². The Balaban J connectivity index is 2.73. The van der Waals surface area contributed by atoms with E-state index < -0.39 is 0 Å². The second kappa shape index (κ2) is 6.61. The number of unbranched alkanes of at least 4 members (excludes halogenated alkanes) is 1. The van der Waals surface area contributed by atoms with Crippen LogP contribution in [0.3, 0.4) is 0 Å². The van der Waals surface area contributed by atoms with Crippen LogP contribution in [-0.2, 0) is 0 Å². The lowest BCUT2D eigenvalue weighted by molar-refractivity contribution is 0.485. The van der Waals surface area contributed by atoms with E-state index in [0.717, 1.165) is 24.8 Å². The average molecular weight is 224 g/mol. The van der Waals surface area contributed by atoms with Gasteiger partial charge in [-0.3, -0.25) is 0 Å². The van der Waals surface area contributed by atoms with Gasteiger partial charge in [0.2, 0.25) is 0 Å². The number of benzene rings is 1. The number of hydrogen-bond donors (Lipinski definition) is 2. The highest BCUT2D eigenvalue weighted by Gasteiger charge is 2.18. The fourth-order valence-corrected chi connectivity index (χ4v) is 1.94. The molecule has 1 rings (SSSR count). The van der Waals surface area contributed by atoms with E-state index in [2.05, 4.69) is 6.92 Å². The van der Waals surface area contributed by atoms with Crippen molar-refractivity contribution in [3.63, 3.8) is 0 Å². The molecule has 2 unspecified atom stereocenters. The molecule has 1 aromatic rings. The minimum atomic E-state index is -0.223. The zero-order chi connectivity index (χ0) is 12.0. The summed E-state index contributed by atoms with van der Waals surface area (Å²) in [6, 6.07) is 6.59. The minimum Gasteiger partial charge on any atom is -0.330 e. The van der Waals surface area contributed by atoms with E-state index in [-0.39, 0.29) is 17.8 Å². The molecule has 0 aliphatic rings. The maximum absolute atomic E-state index is 13.1. The maximum Gasteiger partial charge on any atom is 0.123 e. The summed E-state index contributed by atoms with van der Waals surface area (Å²) in [5, 5.41) is 0. The quantitative estimate of drug-likeness (QED) is 0.779. The largest absolute Gasteiger partial charge is 0.330 e. The van der Waals surface area contributed by atoms with Gasteiger partial charge in [-0.2, -0.15) is 0 Å². The fourth-order valence-electron chi connectivity index (χ4n) is 1.94. The fraction of sp³-hybridized carbons (Fsp3) is 0.538. The van der Waals surface area contributed by atoms with Gasteiger partial charge in [0, 0.05) is 18.5 Å². The van der Waals surface area contributed by atoms with Gasteiger partial charge in [0.15, 0.2) is 0 Å². The summed E-state index contributed by atoms with van der Waals surface area (Å²) in [4.78, 5) is 0. The molecule has 16 heavy (non-hydrogen) atoms. The van der Waals surface area contributed by atoms with Crippen molar-refractivity contribution in [3.8, 4) is 0 Å². The standard InChI is InChI=1S/C13H21FN2/c1-2-3-7-13(16)12(9-15)10-5-4-6-11(14)8-10/h4-6,8,12-13H,2-3,7,9,15-16H2,1H3. The molecule has 2 nitrogen and oxygen atoms in total. The predicted octanol–water partition coefficient (Wildman–Crippen LogP) is 2.39. The third-order valence-electron chi connectivity index (χ3n) is 2.94. The Hall–Kier alpha value is -0.930. The van der Waals surface area contributed by atoms with Crippen LogP contribution in [-0.4, -0.2) is 12.6 Å². The van der Waals surface area contributed by atoms with Gasteiger partial charge in [0.1, 0.15) is 5.82 Å². The third-order valence-corrected chi connectivity index (χ3v) is 2.94. The first kappa shape index (κ1) is 13.1. The Kier molecular flexibility index (Phi) is 5.43. The highest BCUT2D eigenvalue weighted by atomic mass is 19.1. The molecule has 0 radical (unpaired) electrons. The van der Waals surface area contributed by atoms with Crippen LogP contribution in [0.4, 0.5) is 4.39 Å². The number of nitrogens with two attached hydrogens (primary N) is 2. The van der Waals surface area contributed by atoms with E-state index in [4.69, 9.17) is 11.5 Å². The van der Waals surface area contributed by atoms with Crippen molar-refractivity contribution >= 4 is 0 Å². The number of halogens is 1. The van der Waals surface area contributed by atoms with Gasteiger partial charge >= 0.3 is 0 Å². The molecule has 90 valence electrons. The molecule has 0 amide bonds. The van der Waals surface area contributed by atoms with Gasteiger partial charge in [-0.1, -0.05) is 31.9 Å². The first-order valence-corrected chi connectivity index (χ1v) is 5.90. The highest BCUT2D eigenvalue weighted by molar-refractivity contribution is 5.22. The molecular weight excluding hydrogens is 203 g/mol. The van der Waals surface area contributed by atoms with Gasteiger partial charge in [-0.15, -0.1) is 0 Å². The van der Waals surface area contributed by atoms with Gasteiger partial charge in [0.05, 0.1) is 0 Å². The van der Waals surface area contributed by atoms with E-state index in [1.165, 1.54) is 12.1 Å². The Morgan fingerprint density at radius 1 is 1.38 bits per heavy atom. The smallest absolute Gasteiger partial charge is 0.123 e. The van der Waals surface area contributed by atoms with Crippen LogP contribution in [0.5, 0.6) is 0 Å². The molecule has 0 fully saturated rings. The van der Waals surface area contributed by atoms with Crippen LogP contribution < -0.4 is 11.5 Å². The SMILES string of the molecule is CCCCC(N)C(CN)c1cccc(F)c1. The summed E-state index contributed by atoms with van der Waals surface area (Å²) >= 11 is 0. The van der Waals surface area contributed by atoms with Gasteiger partial charge in [-0.25, -0.2) is 4.39 Å². The van der Waals surface area contributed by atoms with E-state index in [1.807, 2.05) is 6.07 Å². The Morgan fingerprint density at radius 2 is 2.12 bits per heavy atom. The Bertz CT molecular complexity index is 315. The first-order chi connectivity index (χ1) is 7.69. The number of hydrogen-bond acceptors (Lipinski definition) is 2. The zero-order valence-corrected chi connectivity index (χ0v) is 9.83. The van der Waals surface area contributed by atoms with E-state index in [0.29, 0.717) is 6.54 Å². The Morgan fingerprint density at radius 3 is 2.69 bits per heavy atom. The normalized spacial score (nSPS) is 14.8. The molecule has 0 saturated carbocycles. The summed E-state index contributed by atoms with van der Waals surface area (Å²) in [6.45, 7) is 2.60. The molecule has 0 aliphatic heterocycles. The second-order valence-electron chi connectivity index (χ2n) is 4.20. The van der Waals surface area contributed by atoms with Crippen molar-refractivity contribution in [2.45, 2.75) is 38.1 Å². The van der Waals surface area contributed by atoms with Crippen LogP contribution in [0.25, 0.3) is 0 Å². The molecule has 0 aliphatic carbocycles.